The first-order valence-electron chi connectivity index (χ1n) is 4.97. The van der Waals surface area contributed by atoms with Crippen molar-refractivity contribution in [3.05, 3.63) is 27.4 Å². The highest BCUT2D eigenvalue weighted by molar-refractivity contribution is 5.74. The highest BCUT2D eigenvalue weighted by atomic mass is 19.3. The number of aromatic nitrogens is 1. The molecule has 0 spiro atoms. The number of pyridine rings is 1. The summed E-state index contributed by atoms with van der Waals surface area (Å²) in [7, 11) is 2.26. The van der Waals surface area contributed by atoms with Crippen LogP contribution in [0.1, 0.15) is 17.6 Å². The average Bonchev–Trinajstić information content (AvgIpc) is 2.37. The van der Waals surface area contributed by atoms with Crippen molar-refractivity contribution in [2.75, 3.05) is 14.2 Å². The summed E-state index contributed by atoms with van der Waals surface area (Å²) in [6.07, 6.45) is -2.81. The molecule has 1 heterocycles. The third-order valence-electron chi connectivity index (χ3n) is 2.33. The Bertz CT molecular complexity index is 507. The molecule has 1 aromatic heterocycles. The predicted molar refractivity (Wildman–Crippen MR) is 58.1 cm³/mol. The second-order valence-electron chi connectivity index (χ2n) is 3.35. The van der Waals surface area contributed by atoms with E-state index in [4.69, 9.17) is 4.74 Å². The van der Waals surface area contributed by atoms with Crippen LogP contribution in [0, 0.1) is 10.1 Å². The molecule has 9 heteroatoms. The van der Waals surface area contributed by atoms with E-state index in [2.05, 4.69) is 9.72 Å². The number of carbonyl (C=O) groups is 1. The zero-order valence-corrected chi connectivity index (χ0v) is 10.1. The number of methoxy groups -OCH3 is 2. The molecule has 104 valence electrons. The number of nitrogens with zero attached hydrogens (tertiary/aromatic N) is 2. The Morgan fingerprint density at radius 1 is 1.53 bits per heavy atom. The van der Waals surface area contributed by atoms with Gasteiger partial charge in [0.15, 0.2) is 11.9 Å². The lowest BCUT2D eigenvalue weighted by Gasteiger charge is -2.11. The van der Waals surface area contributed by atoms with Gasteiger partial charge in [0.2, 0.25) is 0 Å². The highest BCUT2D eigenvalue weighted by Crippen LogP contribution is 2.35. The predicted octanol–water partition coefficient (Wildman–Crippen LogP) is 1.65. The van der Waals surface area contributed by atoms with Crippen LogP contribution in [0.25, 0.3) is 0 Å². The fraction of sp³-hybridized carbons (Fsp3) is 0.400. The molecule has 0 aliphatic heterocycles. The average molecular weight is 276 g/mol. The van der Waals surface area contributed by atoms with Gasteiger partial charge in [-0.25, -0.2) is 8.78 Å². The van der Waals surface area contributed by atoms with Crippen molar-refractivity contribution in [1.82, 2.24) is 4.98 Å². The number of nitro groups is 1. The summed E-state index contributed by atoms with van der Waals surface area (Å²) in [4.78, 5) is 24.1. The fourth-order valence-electron chi connectivity index (χ4n) is 1.48. The molecule has 0 atom stereocenters. The summed E-state index contributed by atoms with van der Waals surface area (Å²) in [5, 5.41) is 10.7. The van der Waals surface area contributed by atoms with Crippen molar-refractivity contribution < 1.29 is 28.0 Å². The van der Waals surface area contributed by atoms with Crippen molar-refractivity contribution in [2.45, 2.75) is 12.8 Å². The third kappa shape index (κ3) is 3.12. The maximum Gasteiger partial charge on any atom is 0.372 e. The Labute approximate surface area is 106 Å². The number of hydrogen-bond donors (Lipinski definition) is 0. The topological polar surface area (TPSA) is 91.6 Å². The Hall–Kier alpha value is -2.32. The van der Waals surface area contributed by atoms with E-state index >= 15 is 0 Å². The van der Waals surface area contributed by atoms with Crippen LogP contribution in [0.15, 0.2) is 6.20 Å². The molecule has 7 nitrogen and oxygen atoms in total. The minimum atomic E-state index is -3.16. The maximum absolute atomic E-state index is 13.0. The van der Waals surface area contributed by atoms with Gasteiger partial charge in [-0.3, -0.25) is 4.79 Å². The van der Waals surface area contributed by atoms with Crippen molar-refractivity contribution in [3.63, 3.8) is 0 Å². The molecule has 0 saturated heterocycles. The van der Waals surface area contributed by atoms with Gasteiger partial charge in [0.1, 0.15) is 5.56 Å². The van der Waals surface area contributed by atoms with Gasteiger partial charge in [-0.2, -0.15) is 0 Å². The monoisotopic (exact) mass is 276 g/mol. The number of hydrogen-bond acceptors (Lipinski definition) is 6. The van der Waals surface area contributed by atoms with Crippen LogP contribution in [0.5, 0.6) is 5.75 Å². The number of ether oxygens (including phenoxy) is 2. The van der Waals surface area contributed by atoms with Crippen molar-refractivity contribution >= 4 is 11.8 Å². The first-order chi connectivity index (χ1) is 8.92. The molecule has 0 amide bonds. The normalized spacial score (nSPS) is 10.4. The second-order valence-corrected chi connectivity index (χ2v) is 3.35. The lowest BCUT2D eigenvalue weighted by atomic mass is 10.1. The van der Waals surface area contributed by atoms with Crippen LogP contribution in [-0.4, -0.2) is 30.1 Å². The minimum absolute atomic E-state index is 0.133. The number of rotatable bonds is 5. The Morgan fingerprint density at radius 2 is 2.16 bits per heavy atom. The van der Waals surface area contributed by atoms with E-state index in [9.17, 15) is 23.7 Å². The lowest BCUT2D eigenvalue weighted by Crippen LogP contribution is -2.11. The first kappa shape index (κ1) is 14.7. The summed E-state index contributed by atoms with van der Waals surface area (Å²) >= 11 is 0. The molecular weight excluding hydrogens is 266 g/mol. The molecule has 0 radical (unpaired) electrons. The molecule has 1 aromatic rings. The summed E-state index contributed by atoms with van der Waals surface area (Å²) in [5.41, 5.74) is -1.24. The minimum Gasteiger partial charge on any atom is -0.492 e. The molecule has 0 N–H and O–H groups in total. The largest absolute Gasteiger partial charge is 0.492 e. The van der Waals surface area contributed by atoms with E-state index < -0.39 is 35.1 Å². The molecule has 0 fully saturated rings. The van der Waals surface area contributed by atoms with E-state index in [1.165, 1.54) is 7.11 Å². The van der Waals surface area contributed by atoms with Gasteiger partial charge in [-0.05, 0) is 9.91 Å². The second kappa shape index (κ2) is 6.03. The van der Waals surface area contributed by atoms with Gasteiger partial charge in [-0.1, -0.05) is 0 Å². The van der Waals surface area contributed by atoms with Crippen molar-refractivity contribution in [2.24, 2.45) is 0 Å². The molecule has 0 aliphatic carbocycles. The van der Waals surface area contributed by atoms with Gasteiger partial charge in [0.05, 0.1) is 20.6 Å². The van der Waals surface area contributed by atoms with Crippen LogP contribution in [0.3, 0.4) is 0 Å². The third-order valence-corrected chi connectivity index (χ3v) is 2.33. The van der Waals surface area contributed by atoms with Crippen LogP contribution in [0.4, 0.5) is 14.6 Å². The van der Waals surface area contributed by atoms with Gasteiger partial charge in [0.25, 0.3) is 6.43 Å². The smallest absolute Gasteiger partial charge is 0.372 e. The first-order valence-corrected chi connectivity index (χ1v) is 4.97. The summed E-state index contributed by atoms with van der Waals surface area (Å²) < 4.78 is 35.1. The van der Waals surface area contributed by atoms with Gasteiger partial charge in [0, 0.05) is 5.56 Å². The Morgan fingerprint density at radius 3 is 2.58 bits per heavy atom. The fourth-order valence-corrected chi connectivity index (χ4v) is 1.48. The van der Waals surface area contributed by atoms with Crippen LogP contribution >= 0.6 is 0 Å². The van der Waals surface area contributed by atoms with E-state index in [1.807, 2.05) is 0 Å². The van der Waals surface area contributed by atoms with E-state index in [0.29, 0.717) is 0 Å². The zero-order valence-electron chi connectivity index (χ0n) is 10.1. The highest BCUT2D eigenvalue weighted by Gasteiger charge is 2.31. The number of halogens is 2. The number of esters is 1. The van der Waals surface area contributed by atoms with Crippen molar-refractivity contribution in [1.29, 1.82) is 0 Å². The van der Waals surface area contributed by atoms with Crippen LogP contribution in [-0.2, 0) is 16.0 Å². The van der Waals surface area contributed by atoms with E-state index in [1.54, 1.807) is 0 Å². The van der Waals surface area contributed by atoms with Crippen LogP contribution < -0.4 is 4.74 Å². The van der Waals surface area contributed by atoms with Gasteiger partial charge < -0.3 is 19.6 Å². The van der Waals surface area contributed by atoms with Gasteiger partial charge >= 0.3 is 11.8 Å². The maximum atomic E-state index is 13.0. The Kier molecular flexibility index (Phi) is 4.67. The molecular formula is C10H10F2N2O5. The van der Waals surface area contributed by atoms with Gasteiger partial charge in [-0.15, -0.1) is 0 Å². The number of alkyl halides is 2. The quantitative estimate of drug-likeness (QED) is 0.461. The SMILES string of the molecule is COC(=O)Cc1c(OC)cnc([N+](=O)[O-])c1C(F)F. The molecule has 0 aromatic carbocycles. The zero-order chi connectivity index (χ0) is 14.6. The summed E-state index contributed by atoms with van der Waals surface area (Å²) in [6.45, 7) is 0. The molecule has 0 unspecified atom stereocenters. The molecule has 0 bridgehead atoms. The number of carbonyl (C=O) groups excluding carboxylic acids is 1. The molecule has 19 heavy (non-hydrogen) atoms. The Balaban J connectivity index is 3.47. The molecule has 0 aliphatic rings. The lowest BCUT2D eigenvalue weighted by molar-refractivity contribution is -0.391. The molecule has 1 rings (SSSR count). The molecule has 0 saturated carbocycles. The summed E-state index contributed by atoms with van der Waals surface area (Å²) in [5.74, 6) is -1.96. The van der Waals surface area contributed by atoms with E-state index in [-0.39, 0.29) is 11.3 Å². The standard InChI is InChI=1S/C10H10F2N2O5/c1-18-6-4-13-10(14(16)17)8(9(11)12)5(6)3-7(15)19-2/h4,9H,3H2,1-2H3. The summed E-state index contributed by atoms with van der Waals surface area (Å²) in [6, 6.07) is 0. The van der Waals surface area contributed by atoms with E-state index in [0.717, 1.165) is 13.3 Å². The van der Waals surface area contributed by atoms with Crippen molar-refractivity contribution in [3.8, 4) is 5.75 Å². The van der Waals surface area contributed by atoms with Crippen LogP contribution in [0.2, 0.25) is 0 Å².